The summed E-state index contributed by atoms with van der Waals surface area (Å²) in [5.41, 5.74) is 4.06. The van der Waals surface area contributed by atoms with Gasteiger partial charge in [0.2, 0.25) is 0 Å². The summed E-state index contributed by atoms with van der Waals surface area (Å²) in [5.74, 6) is 6.61. The van der Waals surface area contributed by atoms with Gasteiger partial charge in [0, 0.05) is 13.2 Å². The molecule has 1 saturated carbocycles. The quantitative estimate of drug-likeness (QED) is 0.587. The fraction of sp³-hybridized carbons (Fsp3) is 0.600. The minimum atomic E-state index is -0.00133. The van der Waals surface area contributed by atoms with E-state index in [1.807, 2.05) is 19.1 Å². The molecule has 0 aromatic heterocycles. The molecule has 0 bridgehead atoms. The minimum absolute atomic E-state index is 0.00133. The van der Waals surface area contributed by atoms with Gasteiger partial charge in [-0.05, 0) is 50.3 Å². The highest BCUT2D eigenvalue weighted by atomic mass is 16.5. The van der Waals surface area contributed by atoms with E-state index in [-0.39, 0.29) is 11.6 Å². The third kappa shape index (κ3) is 3.26. The number of nitrogens with two attached hydrogens (primary N) is 1. The van der Waals surface area contributed by atoms with Crippen molar-refractivity contribution in [2.75, 3.05) is 13.7 Å². The largest absolute Gasteiger partial charge is 0.494 e. The Morgan fingerprint density at radius 3 is 2.74 bits per heavy atom. The van der Waals surface area contributed by atoms with Gasteiger partial charge in [0.25, 0.3) is 0 Å². The monoisotopic (exact) mass is 264 g/mol. The van der Waals surface area contributed by atoms with Crippen LogP contribution < -0.4 is 16.0 Å². The Bertz CT molecular complexity index is 399. The van der Waals surface area contributed by atoms with Gasteiger partial charge in [0.05, 0.1) is 12.2 Å². The van der Waals surface area contributed by atoms with Gasteiger partial charge in [-0.1, -0.05) is 12.1 Å². The summed E-state index contributed by atoms with van der Waals surface area (Å²) in [6, 6.07) is 8.20. The standard InChI is InChI=1S/C15H24N2O2/c1-3-19-13-7-4-6-12(10-13)14(17-16)11-15(18-2)8-5-9-15/h4,6-7,10,14,17H,3,5,8-9,11,16H2,1-2H3. The van der Waals surface area contributed by atoms with Gasteiger partial charge in [0.15, 0.2) is 0 Å². The van der Waals surface area contributed by atoms with E-state index in [0.717, 1.165) is 30.6 Å². The SMILES string of the molecule is CCOc1cccc(C(CC2(OC)CCC2)NN)c1. The van der Waals surface area contributed by atoms with E-state index in [4.69, 9.17) is 15.3 Å². The summed E-state index contributed by atoms with van der Waals surface area (Å²) in [6.07, 6.45) is 4.37. The van der Waals surface area contributed by atoms with E-state index in [2.05, 4.69) is 17.6 Å². The van der Waals surface area contributed by atoms with E-state index >= 15 is 0 Å². The smallest absolute Gasteiger partial charge is 0.119 e. The lowest BCUT2D eigenvalue weighted by molar-refractivity contribution is -0.0838. The highest BCUT2D eigenvalue weighted by Crippen LogP contribution is 2.41. The molecule has 0 heterocycles. The second-order valence-corrected chi connectivity index (χ2v) is 5.17. The molecule has 1 atom stereocenters. The molecule has 0 spiro atoms. The molecule has 1 fully saturated rings. The summed E-state index contributed by atoms with van der Waals surface area (Å²) >= 11 is 0. The third-order valence-electron chi connectivity index (χ3n) is 4.05. The first kappa shape index (κ1) is 14.3. The van der Waals surface area contributed by atoms with Crippen molar-refractivity contribution in [3.05, 3.63) is 29.8 Å². The lowest BCUT2D eigenvalue weighted by Crippen LogP contribution is -2.44. The molecule has 0 saturated heterocycles. The highest BCUT2D eigenvalue weighted by molar-refractivity contribution is 5.31. The van der Waals surface area contributed by atoms with Crippen LogP contribution in [0.4, 0.5) is 0 Å². The second kappa shape index (κ2) is 6.37. The molecule has 0 radical (unpaired) electrons. The average molecular weight is 264 g/mol. The lowest BCUT2D eigenvalue weighted by Gasteiger charge is -2.42. The number of nitrogens with one attached hydrogen (secondary N) is 1. The summed E-state index contributed by atoms with van der Waals surface area (Å²) < 4.78 is 11.2. The highest BCUT2D eigenvalue weighted by Gasteiger charge is 2.39. The maximum atomic E-state index is 5.72. The molecule has 4 heteroatoms. The summed E-state index contributed by atoms with van der Waals surface area (Å²) in [4.78, 5) is 0. The average Bonchev–Trinajstić information content (AvgIpc) is 2.39. The molecule has 3 N–H and O–H groups in total. The Morgan fingerprint density at radius 2 is 2.21 bits per heavy atom. The molecule has 0 amide bonds. The predicted molar refractivity (Wildman–Crippen MR) is 75.9 cm³/mol. The van der Waals surface area contributed by atoms with Crippen molar-refractivity contribution in [2.45, 2.75) is 44.2 Å². The molecular formula is C15H24N2O2. The normalized spacial score (nSPS) is 18.7. The molecule has 0 aliphatic heterocycles. The Balaban J connectivity index is 2.10. The Labute approximate surface area is 115 Å². The van der Waals surface area contributed by atoms with Crippen LogP contribution in [0.2, 0.25) is 0 Å². The van der Waals surface area contributed by atoms with Crippen molar-refractivity contribution < 1.29 is 9.47 Å². The van der Waals surface area contributed by atoms with Gasteiger partial charge in [-0.2, -0.15) is 0 Å². The summed E-state index contributed by atoms with van der Waals surface area (Å²) in [6.45, 7) is 2.66. The molecule has 1 aliphatic carbocycles. The van der Waals surface area contributed by atoms with Crippen LogP contribution in [0.15, 0.2) is 24.3 Å². The van der Waals surface area contributed by atoms with E-state index in [9.17, 15) is 0 Å². The molecule has 1 aliphatic rings. The van der Waals surface area contributed by atoms with Gasteiger partial charge in [-0.15, -0.1) is 0 Å². The minimum Gasteiger partial charge on any atom is -0.494 e. The molecule has 4 nitrogen and oxygen atoms in total. The summed E-state index contributed by atoms with van der Waals surface area (Å²) in [7, 11) is 1.79. The number of hydrogen-bond donors (Lipinski definition) is 2. The van der Waals surface area contributed by atoms with Crippen LogP contribution in [-0.4, -0.2) is 19.3 Å². The zero-order chi connectivity index (χ0) is 13.7. The van der Waals surface area contributed by atoms with Gasteiger partial charge in [-0.25, -0.2) is 0 Å². The molecule has 1 aromatic rings. The number of ether oxygens (including phenoxy) is 2. The van der Waals surface area contributed by atoms with Crippen LogP contribution in [-0.2, 0) is 4.74 Å². The van der Waals surface area contributed by atoms with E-state index in [1.54, 1.807) is 7.11 Å². The van der Waals surface area contributed by atoms with Crippen LogP contribution >= 0.6 is 0 Å². The van der Waals surface area contributed by atoms with Gasteiger partial charge < -0.3 is 9.47 Å². The fourth-order valence-corrected chi connectivity index (χ4v) is 2.70. The zero-order valence-corrected chi connectivity index (χ0v) is 11.8. The van der Waals surface area contributed by atoms with Crippen LogP contribution in [0.1, 0.15) is 44.2 Å². The fourth-order valence-electron chi connectivity index (χ4n) is 2.70. The molecular weight excluding hydrogens is 240 g/mol. The number of rotatable bonds is 7. The van der Waals surface area contributed by atoms with Crippen LogP contribution in [0.25, 0.3) is 0 Å². The number of hydrogen-bond acceptors (Lipinski definition) is 4. The van der Waals surface area contributed by atoms with Crippen molar-refractivity contribution in [2.24, 2.45) is 5.84 Å². The topological polar surface area (TPSA) is 56.5 Å². The molecule has 19 heavy (non-hydrogen) atoms. The van der Waals surface area contributed by atoms with Crippen molar-refractivity contribution in [3.8, 4) is 5.75 Å². The number of methoxy groups -OCH3 is 1. The Kier molecular flexibility index (Phi) is 4.80. The van der Waals surface area contributed by atoms with Crippen LogP contribution in [0.3, 0.4) is 0 Å². The van der Waals surface area contributed by atoms with Crippen molar-refractivity contribution >= 4 is 0 Å². The Morgan fingerprint density at radius 1 is 1.42 bits per heavy atom. The second-order valence-electron chi connectivity index (χ2n) is 5.17. The van der Waals surface area contributed by atoms with Gasteiger partial charge in [-0.3, -0.25) is 11.3 Å². The first-order valence-corrected chi connectivity index (χ1v) is 6.97. The first-order valence-electron chi connectivity index (χ1n) is 6.97. The zero-order valence-electron chi connectivity index (χ0n) is 11.8. The maximum Gasteiger partial charge on any atom is 0.119 e. The van der Waals surface area contributed by atoms with Crippen molar-refractivity contribution in [1.29, 1.82) is 0 Å². The van der Waals surface area contributed by atoms with E-state index < -0.39 is 0 Å². The molecule has 1 aromatic carbocycles. The number of hydrazine groups is 1. The predicted octanol–water partition coefficient (Wildman–Crippen LogP) is 2.55. The molecule has 1 unspecified atom stereocenters. The van der Waals surface area contributed by atoms with Gasteiger partial charge in [0.1, 0.15) is 5.75 Å². The van der Waals surface area contributed by atoms with Gasteiger partial charge >= 0.3 is 0 Å². The first-order chi connectivity index (χ1) is 9.23. The number of benzene rings is 1. The lowest BCUT2D eigenvalue weighted by atomic mass is 9.75. The van der Waals surface area contributed by atoms with E-state index in [0.29, 0.717) is 6.61 Å². The van der Waals surface area contributed by atoms with Crippen LogP contribution in [0, 0.1) is 0 Å². The van der Waals surface area contributed by atoms with Crippen molar-refractivity contribution in [1.82, 2.24) is 5.43 Å². The Hall–Kier alpha value is -1.10. The van der Waals surface area contributed by atoms with E-state index in [1.165, 1.54) is 6.42 Å². The van der Waals surface area contributed by atoms with Crippen molar-refractivity contribution in [3.63, 3.8) is 0 Å². The van der Waals surface area contributed by atoms with Crippen LogP contribution in [0.5, 0.6) is 5.75 Å². The third-order valence-corrected chi connectivity index (χ3v) is 4.05. The maximum absolute atomic E-state index is 5.72. The summed E-state index contributed by atoms with van der Waals surface area (Å²) in [5, 5.41) is 0. The molecule has 2 rings (SSSR count). The molecule has 106 valence electrons.